The Morgan fingerprint density at radius 2 is 1.65 bits per heavy atom. The van der Waals surface area contributed by atoms with Gasteiger partial charge in [0.15, 0.2) is 0 Å². The third-order valence-electron chi connectivity index (χ3n) is 5.04. The third-order valence-corrected chi connectivity index (χ3v) is 5.04. The van der Waals surface area contributed by atoms with E-state index in [-0.39, 0.29) is 6.54 Å². The van der Waals surface area contributed by atoms with Gasteiger partial charge in [0, 0.05) is 29.2 Å². The Morgan fingerprint density at radius 1 is 1.03 bits per heavy atom. The van der Waals surface area contributed by atoms with Crippen molar-refractivity contribution in [3.63, 3.8) is 0 Å². The van der Waals surface area contributed by atoms with Crippen molar-refractivity contribution in [3.05, 3.63) is 89.7 Å². The maximum absolute atomic E-state index is 13.1. The number of hydroxylamine groups is 1. The molecule has 3 aromatic rings. The lowest BCUT2D eigenvalue weighted by atomic mass is 10.1. The first-order chi connectivity index (χ1) is 16.4. The van der Waals surface area contributed by atoms with Crippen molar-refractivity contribution in [3.8, 4) is 11.8 Å². The molecule has 0 fully saturated rings. The van der Waals surface area contributed by atoms with Crippen LogP contribution in [0.25, 0.3) is 0 Å². The van der Waals surface area contributed by atoms with Gasteiger partial charge in [-0.3, -0.25) is 24.7 Å². The molecular weight excluding hydrogens is 432 g/mol. The van der Waals surface area contributed by atoms with E-state index < -0.39 is 24.0 Å². The fourth-order valence-corrected chi connectivity index (χ4v) is 3.29. The number of hydrogen-bond donors (Lipinski definition) is 4. The zero-order valence-corrected chi connectivity index (χ0v) is 18.9. The van der Waals surface area contributed by atoms with Crippen LogP contribution in [0.5, 0.6) is 0 Å². The summed E-state index contributed by atoms with van der Waals surface area (Å²) in [4.78, 5) is 30.6. The maximum Gasteiger partial charge on any atom is 0.269 e. The molecule has 174 valence electrons. The molecule has 1 aromatic heterocycles. The molecule has 2 aromatic carbocycles. The summed E-state index contributed by atoms with van der Waals surface area (Å²) in [6.07, 6.45) is 1.92. The highest BCUT2D eigenvalue weighted by Crippen LogP contribution is 2.21. The Balaban J connectivity index is 1.86. The number of aliphatic hydroxyl groups excluding tert-OH is 1. The van der Waals surface area contributed by atoms with Crippen LogP contribution < -0.4 is 15.7 Å². The summed E-state index contributed by atoms with van der Waals surface area (Å²) in [7, 11) is 0. The molecule has 2 atom stereocenters. The molecule has 0 unspecified atom stereocenters. The summed E-state index contributed by atoms with van der Waals surface area (Å²) in [5.41, 5.74) is 5.27. The number of benzene rings is 2. The third kappa shape index (κ3) is 6.42. The summed E-state index contributed by atoms with van der Waals surface area (Å²) in [5, 5.41) is 22.4. The zero-order chi connectivity index (χ0) is 24.5. The van der Waals surface area contributed by atoms with E-state index in [0.29, 0.717) is 16.9 Å². The lowest BCUT2D eigenvalue weighted by Crippen LogP contribution is -2.55. The summed E-state index contributed by atoms with van der Waals surface area (Å²) in [6, 6.07) is 16.7. The van der Waals surface area contributed by atoms with E-state index in [2.05, 4.69) is 22.1 Å². The van der Waals surface area contributed by atoms with Crippen LogP contribution in [-0.2, 0) is 9.59 Å². The Labute approximate surface area is 198 Å². The number of anilines is 2. The fourth-order valence-electron chi connectivity index (χ4n) is 3.29. The van der Waals surface area contributed by atoms with E-state index in [0.717, 1.165) is 16.0 Å². The number of aromatic nitrogens is 1. The SMILES string of the molecule is Cc1ccc(C#Cc2ccc(N(C(=O)CNc3cccnc3)[C@H](C(=O)NO)[C@@H](C)O)cc2)cc1. The van der Waals surface area contributed by atoms with E-state index in [9.17, 15) is 19.9 Å². The van der Waals surface area contributed by atoms with Gasteiger partial charge >= 0.3 is 0 Å². The molecule has 4 N–H and O–H groups in total. The van der Waals surface area contributed by atoms with Crippen molar-refractivity contribution in [2.24, 2.45) is 0 Å². The summed E-state index contributed by atoms with van der Waals surface area (Å²) in [5.74, 6) is 4.75. The molecule has 0 aliphatic heterocycles. The molecule has 0 spiro atoms. The molecular formula is C26H26N4O4. The largest absolute Gasteiger partial charge is 0.391 e. The number of pyridine rings is 1. The molecule has 2 amide bonds. The minimum atomic E-state index is -1.35. The molecule has 0 aliphatic rings. The molecule has 3 rings (SSSR count). The molecule has 8 nitrogen and oxygen atoms in total. The van der Waals surface area contributed by atoms with Crippen molar-refractivity contribution in [2.75, 3.05) is 16.8 Å². The van der Waals surface area contributed by atoms with Crippen molar-refractivity contribution >= 4 is 23.2 Å². The van der Waals surface area contributed by atoms with Gasteiger partial charge in [0.25, 0.3) is 5.91 Å². The van der Waals surface area contributed by atoms with Crippen LogP contribution in [-0.4, -0.2) is 45.8 Å². The first kappa shape index (κ1) is 24.5. The highest BCUT2D eigenvalue weighted by atomic mass is 16.5. The maximum atomic E-state index is 13.1. The smallest absolute Gasteiger partial charge is 0.269 e. The van der Waals surface area contributed by atoms with Crippen molar-refractivity contribution in [2.45, 2.75) is 26.0 Å². The second-order valence-electron chi connectivity index (χ2n) is 7.68. The summed E-state index contributed by atoms with van der Waals surface area (Å²) >= 11 is 0. The molecule has 0 radical (unpaired) electrons. The van der Waals surface area contributed by atoms with Gasteiger partial charge in [-0.15, -0.1) is 0 Å². The van der Waals surface area contributed by atoms with Gasteiger partial charge in [0.05, 0.1) is 18.3 Å². The van der Waals surface area contributed by atoms with Crippen LogP contribution in [0.2, 0.25) is 0 Å². The van der Waals surface area contributed by atoms with Crippen LogP contribution in [0.4, 0.5) is 11.4 Å². The van der Waals surface area contributed by atoms with Crippen LogP contribution >= 0.6 is 0 Å². The van der Waals surface area contributed by atoms with Crippen LogP contribution in [0.1, 0.15) is 23.6 Å². The molecule has 34 heavy (non-hydrogen) atoms. The van der Waals surface area contributed by atoms with Gasteiger partial charge in [-0.25, -0.2) is 5.48 Å². The van der Waals surface area contributed by atoms with E-state index >= 15 is 0 Å². The highest BCUT2D eigenvalue weighted by molar-refractivity contribution is 6.02. The Hall–Kier alpha value is -4.19. The van der Waals surface area contributed by atoms with Gasteiger partial charge < -0.3 is 10.4 Å². The first-order valence-electron chi connectivity index (χ1n) is 10.7. The molecule has 8 heteroatoms. The van der Waals surface area contributed by atoms with Gasteiger partial charge in [-0.2, -0.15) is 0 Å². The number of nitrogens with one attached hydrogen (secondary N) is 2. The Morgan fingerprint density at radius 3 is 2.18 bits per heavy atom. The monoisotopic (exact) mass is 458 g/mol. The second-order valence-corrected chi connectivity index (χ2v) is 7.68. The quantitative estimate of drug-likeness (QED) is 0.246. The van der Waals surface area contributed by atoms with E-state index in [1.807, 2.05) is 31.2 Å². The number of rotatable bonds is 7. The van der Waals surface area contributed by atoms with Crippen LogP contribution in [0, 0.1) is 18.8 Å². The fraction of sp³-hybridized carbons (Fsp3) is 0.192. The van der Waals surface area contributed by atoms with E-state index in [4.69, 9.17) is 0 Å². The topological polar surface area (TPSA) is 115 Å². The van der Waals surface area contributed by atoms with E-state index in [1.54, 1.807) is 48.8 Å². The van der Waals surface area contributed by atoms with Gasteiger partial charge in [-0.1, -0.05) is 29.5 Å². The van der Waals surface area contributed by atoms with Gasteiger partial charge in [0.1, 0.15) is 6.04 Å². The number of aryl methyl sites for hydroxylation is 1. The summed E-state index contributed by atoms with van der Waals surface area (Å²) < 4.78 is 0. The van der Waals surface area contributed by atoms with Crippen molar-refractivity contribution in [1.82, 2.24) is 10.5 Å². The minimum Gasteiger partial charge on any atom is -0.391 e. The number of nitrogens with zero attached hydrogens (tertiary/aromatic N) is 2. The summed E-state index contributed by atoms with van der Waals surface area (Å²) in [6.45, 7) is 3.21. The number of hydrogen-bond acceptors (Lipinski definition) is 6. The van der Waals surface area contributed by atoms with Crippen molar-refractivity contribution in [1.29, 1.82) is 0 Å². The lowest BCUT2D eigenvalue weighted by molar-refractivity contribution is -0.135. The highest BCUT2D eigenvalue weighted by Gasteiger charge is 2.34. The van der Waals surface area contributed by atoms with Crippen molar-refractivity contribution < 1.29 is 19.9 Å². The van der Waals surface area contributed by atoms with Gasteiger partial charge in [-0.05, 0) is 62.4 Å². The Bertz CT molecular complexity index is 1170. The van der Waals surface area contributed by atoms with Crippen LogP contribution in [0.3, 0.4) is 0 Å². The molecule has 0 bridgehead atoms. The molecule has 0 aliphatic carbocycles. The average Bonchev–Trinajstić information content (AvgIpc) is 2.86. The second kappa shape index (κ2) is 11.6. The number of carbonyl (C=O) groups is 2. The number of aliphatic hydroxyl groups is 1. The first-order valence-corrected chi connectivity index (χ1v) is 10.7. The van der Waals surface area contributed by atoms with E-state index in [1.165, 1.54) is 12.4 Å². The van der Waals surface area contributed by atoms with Gasteiger partial charge in [0.2, 0.25) is 5.91 Å². The molecule has 0 saturated heterocycles. The predicted molar refractivity (Wildman–Crippen MR) is 129 cm³/mol. The normalized spacial score (nSPS) is 12.0. The Kier molecular flexibility index (Phi) is 8.35. The average molecular weight is 459 g/mol. The number of carbonyl (C=O) groups excluding carboxylic acids is 2. The minimum absolute atomic E-state index is 0.164. The number of amides is 2. The molecule has 1 heterocycles. The zero-order valence-electron chi connectivity index (χ0n) is 18.9. The predicted octanol–water partition coefficient (Wildman–Crippen LogP) is 2.49. The lowest BCUT2D eigenvalue weighted by Gasteiger charge is -2.32. The standard InChI is InChI=1S/C26H26N4O4/c1-18-5-7-20(8-6-18)9-10-21-11-13-23(14-12-21)30(25(19(2)31)26(33)29-34)24(32)17-28-22-4-3-15-27-16-22/h3-8,11-16,19,25,28,31,34H,17H2,1-2H3,(H,29,33)/t19-,25+/m1/s1. The molecule has 0 saturated carbocycles. The van der Waals surface area contributed by atoms with Crippen LogP contribution in [0.15, 0.2) is 73.1 Å².